The number of ether oxygens (including phenoxy) is 3. The van der Waals surface area contributed by atoms with Crippen molar-refractivity contribution in [1.29, 1.82) is 0 Å². The summed E-state index contributed by atoms with van der Waals surface area (Å²) in [5, 5.41) is 2.72. The van der Waals surface area contributed by atoms with Gasteiger partial charge in [-0.2, -0.15) is 4.31 Å². The van der Waals surface area contributed by atoms with Gasteiger partial charge in [-0.1, -0.05) is 0 Å². The van der Waals surface area contributed by atoms with Gasteiger partial charge in [0, 0.05) is 24.7 Å². The standard InChI is InChI=1S/C24H28N2O8S/c1-4-34-20-5-7-21(8-6-20)35(30,31)26-11-9-16(10-12-26)22(27)25-19-14-17(23(28)32-2)13-18(15-19)24(29)33-3/h5-8,13-16H,4,9-12H2,1-3H3,(H,25,27). The number of nitrogens with zero attached hydrogens (tertiary/aromatic N) is 1. The minimum absolute atomic E-state index is 0.0852. The maximum Gasteiger partial charge on any atom is 0.337 e. The molecule has 1 amide bonds. The molecule has 1 aliphatic heterocycles. The van der Waals surface area contributed by atoms with Gasteiger partial charge in [-0.3, -0.25) is 4.79 Å². The van der Waals surface area contributed by atoms with Crippen molar-refractivity contribution in [3.8, 4) is 5.75 Å². The van der Waals surface area contributed by atoms with Crippen molar-refractivity contribution in [2.75, 3.05) is 39.2 Å². The number of esters is 2. The highest BCUT2D eigenvalue weighted by molar-refractivity contribution is 7.89. The summed E-state index contributed by atoms with van der Waals surface area (Å²) in [7, 11) is -1.28. The van der Waals surface area contributed by atoms with E-state index in [1.165, 1.54) is 48.9 Å². The van der Waals surface area contributed by atoms with Crippen molar-refractivity contribution < 1.29 is 37.0 Å². The van der Waals surface area contributed by atoms with Crippen molar-refractivity contribution >= 4 is 33.6 Å². The number of methoxy groups -OCH3 is 2. The van der Waals surface area contributed by atoms with E-state index in [-0.39, 0.29) is 40.7 Å². The van der Waals surface area contributed by atoms with Crippen LogP contribution in [0.25, 0.3) is 0 Å². The van der Waals surface area contributed by atoms with Crippen molar-refractivity contribution in [2.24, 2.45) is 5.92 Å². The van der Waals surface area contributed by atoms with Gasteiger partial charge in [0.2, 0.25) is 15.9 Å². The van der Waals surface area contributed by atoms with Gasteiger partial charge in [0.25, 0.3) is 0 Å². The van der Waals surface area contributed by atoms with E-state index < -0.39 is 27.9 Å². The minimum Gasteiger partial charge on any atom is -0.494 e. The predicted molar refractivity (Wildman–Crippen MR) is 127 cm³/mol. The molecular weight excluding hydrogens is 476 g/mol. The first kappa shape index (κ1) is 26.2. The smallest absolute Gasteiger partial charge is 0.337 e. The summed E-state index contributed by atoms with van der Waals surface area (Å²) >= 11 is 0. The molecule has 35 heavy (non-hydrogen) atoms. The molecule has 1 aliphatic rings. The third-order valence-electron chi connectivity index (χ3n) is 5.64. The van der Waals surface area contributed by atoms with Gasteiger partial charge >= 0.3 is 11.9 Å². The number of hydrogen-bond acceptors (Lipinski definition) is 8. The largest absolute Gasteiger partial charge is 0.494 e. The summed E-state index contributed by atoms with van der Waals surface area (Å²) < 4.78 is 42.1. The molecule has 2 aromatic rings. The summed E-state index contributed by atoms with van der Waals surface area (Å²) in [6.45, 7) is 2.70. The summed E-state index contributed by atoms with van der Waals surface area (Å²) in [4.78, 5) is 37.0. The van der Waals surface area contributed by atoms with Crippen LogP contribution in [0.4, 0.5) is 5.69 Å². The third kappa shape index (κ3) is 6.17. The number of amides is 1. The van der Waals surface area contributed by atoms with E-state index in [1.54, 1.807) is 12.1 Å². The molecule has 2 aromatic carbocycles. The first-order chi connectivity index (χ1) is 16.7. The van der Waals surface area contributed by atoms with Gasteiger partial charge in [-0.15, -0.1) is 0 Å². The normalized spacial score (nSPS) is 14.7. The summed E-state index contributed by atoms with van der Waals surface area (Å²) in [6, 6.07) is 10.4. The Hall–Kier alpha value is -3.44. The molecule has 0 radical (unpaired) electrons. The molecule has 10 nitrogen and oxygen atoms in total. The molecule has 188 valence electrons. The van der Waals surface area contributed by atoms with E-state index in [4.69, 9.17) is 14.2 Å². The van der Waals surface area contributed by atoms with E-state index in [0.717, 1.165) is 0 Å². The van der Waals surface area contributed by atoms with Gasteiger partial charge in [-0.05, 0) is 62.2 Å². The highest BCUT2D eigenvalue weighted by atomic mass is 32.2. The number of hydrogen-bond donors (Lipinski definition) is 1. The molecule has 1 N–H and O–H groups in total. The Morgan fingerprint density at radius 1 is 0.943 bits per heavy atom. The molecule has 0 bridgehead atoms. The van der Waals surface area contributed by atoms with Crippen LogP contribution in [-0.2, 0) is 24.3 Å². The average Bonchev–Trinajstić information content (AvgIpc) is 2.88. The number of piperidine rings is 1. The average molecular weight is 505 g/mol. The van der Waals surface area contributed by atoms with Crippen LogP contribution < -0.4 is 10.1 Å². The highest BCUT2D eigenvalue weighted by Gasteiger charge is 2.32. The number of benzene rings is 2. The second-order valence-corrected chi connectivity index (χ2v) is 9.79. The molecule has 0 aliphatic carbocycles. The maximum atomic E-state index is 13.0. The van der Waals surface area contributed by atoms with Crippen LogP contribution in [0.1, 0.15) is 40.5 Å². The first-order valence-electron chi connectivity index (χ1n) is 11.0. The van der Waals surface area contributed by atoms with Gasteiger partial charge in [0.15, 0.2) is 0 Å². The Kier molecular flexibility index (Phi) is 8.47. The second kappa shape index (κ2) is 11.3. The second-order valence-electron chi connectivity index (χ2n) is 7.85. The number of carbonyl (C=O) groups is 3. The molecular formula is C24H28N2O8S. The van der Waals surface area contributed by atoms with E-state index in [1.807, 2.05) is 6.92 Å². The molecule has 3 rings (SSSR count). The minimum atomic E-state index is -3.69. The lowest BCUT2D eigenvalue weighted by molar-refractivity contribution is -0.120. The van der Waals surface area contributed by atoms with Gasteiger partial charge in [0.1, 0.15) is 5.75 Å². The Bertz CT molecular complexity index is 1150. The molecule has 0 unspecified atom stereocenters. The molecule has 0 saturated carbocycles. The number of nitrogens with one attached hydrogen (secondary N) is 1. The SMILES string of the molecule is CCOc1ccc(S(=O)(=O)N2CCC(C(=O)Nc3cc(C(=O)OC)cc(C(=O)OC)c3)CC2)cc1. The summed E-state index contributed by atoms with van der Waals surface area (Å²) in [5.74, 6) is -1.52. The highest BCUT2D eigenvalue weighted by Crippen LogP contribution is 2.26. The lowest BCUT2D eigenvalue weighted by atomic mass is 9.97. The van der Waals surface area contributed by atoms with Gasteiger partial charge in [0.05, 0.1) is 36.8 Å². The lowest BCUT2D eigenvalue weighted by Gasteiger charge is -2.30. The van der Waals surface area contributed by atoms with Crippen LogP contribution in [0.2, 0.25) is 0 Å². The van der Waals surface area contributed by atoms with E-state index in [0.29, 0.717) is 25.2 Å². The molecule has 1 saturated heterocycles. The number of carbonyl (C=O) groups excluding carboxylic acids is 3. The lowest BCUT2D eigenvalue weighted by Crippen LogP contribution is -2.41. The number of sulfonamides is 1. The predicted octanol–water partition coefficient (Wildman–Crippen LogP) is 2.70. The number of anilines is 1. The Labute approximate surface area is 204 Å². The first-order valence-corrected chi connectivity index (χ1v) is 12.5. The van der Waals surface area contributed by atoms with Crippen LogP contribution in [0.3, 0.4) is 0 Å². The fourth-order valence-corrected chi connectivity index (χ4v) is 5.27. The zero-order valence-electron chi connectivity index (χ0n) is 19.8. The molecule has 0 aromatic heterocycles. The van der Waals surface area contributed by atoms with Crippen LogP contribution in [0, 0.1) is 5.92 Å². The molecule has 11 heteroatoms. The van der Waals surface area contributed by atoms with Crippen LogP contribution in [0.15, 0.2) is 47.4 Å². The fraction of sp³-hybridized carbons (Fsp3) is 0.375. The van der Waals surface area contributed by atoms with Crippen molar-refractivity contribution in [3.05, 3.63) is 53.6 Å². The van der Waals surface area contributed by atoms with Crippen LogP contribution in [0.5, 0.6) is 5.75 Å². The zero-order chi connectivity index (χ0) is 25.6. The Morgan fingerprint density at radius 3 is 1.97 bits per heavy atom. The molecule has 0 spiro atoms. The topological polar surface area (TPSA) is 128 Å². The van der Waals surface area contributed by atoms with Crippen molar-refractivity contribution in [2.45, 2.75) is 24.7 Å². The monoisotopic (exact) mass is 504 g/mol. The van der Waals surface area contributed by atoms with E-state index >= 15 is 0 Å². The summed E-state index contributed by atoms with van der Waals surface area (Å²) in [6.07, 6.45) is 0.644. The quantitative estimate of drug-likeness (QED) is 0.544. The molecule has 1 heterocycles. The van der Waals surface area contributed by atoms with Crippen molar-refractivity contribution in [1.82, 2.24) is 4.31 Å². The van der Waals surface area contributed by atoms with Crippen LogP contribution >= 0.6 is 0 Å². The zero-order valence-corrected chi connectivity index (χ0v) is 20.6. The number of rotatable bonds is 8. The van der Waals surface area contributed by atoms with E-state index in [2.05, 4.69) is 5.32 Å². The van der Waals surface area contributed by atoms with Gasteiger partial charge in [-0.25, -0.2) is 18.0 Å². The Balaban J connectivity index is 1.67. The van der Waals surface area contributed by atoms with Crippen molar-refractivity contribution in [3.63, 3.8) is 0 Å². The third-order valence-corrected chi connectivity index (χ3v) is 7.55. The fourth-order valence-electron chi connectivity index (χ4n) is 3.80. The summed E-state index contributed by atoms with van der Waals surface area (Å²) in [5.41, 5.74) is 0.409. The molecule has 0 atom stereocenters. The molecule has 1 fully saturated rings. The maximum absolute atomic E-state index is 13.0. The van der Waals surface area contributed by atoms with Gasteiger partial charge < -0.3 is 19.5 Å². The Morgan fingerprint density at radius 2 is 1.49 bits per heavy atom. The van der Waals surface area contributed by atoms with E-state index in [9.17, 15) is 22.8 Å². The van der Waals surface area contributed by atoms with Crippen LogP contribution in [-0.4, -0.2) is 64.5 Å².